The maximum atomic E-state index is 12.9. The average molecular weight is 477 g/mol. The predicted molar refractivity (Wildman–Crippen MR) is 114 cm³/mol. The van der Waals surface area contributed by atoms with Gasteiger partial charge in [0.25, 0.3) is 15.9 Å². The van der Waals surface area contributed by atoms with Gasteiger partial charge < -0.3 is 0 Å². The van der Waals surface area contributed by atoms with Crippen molar-refractivity contribution in [1.29, 1.82) is 0 Å². The summed E-state index contributed by atoms with van der Waals surface area (Å²) in [5, 5.41) is 0. The van der Waals surface area contributed by atoms with Crippen LogP contribution < -0.4 is 15.6 Å². The number of halogens is 3. The van der Waals surface area contributed by atoms with Gasteiger partial charge in [-0.3, -0.25) is 25.2 Å². The first-order valence-corrected chi connectivity index (χ1v) is 11.0. The molecule has 3 aromatic carbocycles. The first-order valence-electron chi connectivity index (χ1n) is 9.48. The first-order chi connectivity index (χ1) is 15.6. The van der Waals surface area contributed by atoms with Crippen molar-refractivity contribution >= 4 is 27.5 Å². The summed E-state index contributed by atoms with van der Waals surface area (Å²) in [6.07, 6.45) is -4.72. The monoisotopic (exact) mass is 477 g/mol. The van der Waals surface area contributed by atoms with Gasteiger partial charge in [-0.15, -0.1) is 0 Å². The zero-order valence-corrected chi connectivity index (χ0v) is 17.7. The minimum Gasteiger partial charge on any atom is -0.279 e. The molecule has 172 valence electrons. The summed E-state index contributed by atoms with van der Waals surface area (Å²) >= 11 is 0. The third kappa shape index (κ3) is 6.32. The third-order valence-electron chi connectivity index (χ3n) is 4.41. The van der Waals surface area contributed by atoms with Crippen LogP contribution in [-0.4, -0.2) is 20.2 Å². The van der Waals surface area contributed by atoms with Crippen molar-refractivity contribution in [3.05, 3.63) is 95.6 Å². The van der Waals surface area contributed by atoms with E-state index >= 15 is 0 Å². The molecule has 3 N–H and O–H groups in total. The number of alkyl halides is 3. The molecule has 11 heteroatoms. The van der Waals surface area contributed by atoms with Crippen LogP contribution in [0.5, 0.6) is 0 Å². The molecule has 0 heterocycles. The van der Waals surface area contributed by atoms with Gasteiger partial charge in [-0.2, -0.15) is 13.2 Å². The van der Waals surface area contributed by atoms with Gasteiger partial charge in [0.05, 0.1) is 28.1 Å². The number of anilines is 1. The lowest BCUT2D eigenvalue weighted by atomic mass is 10.1. The zero-order chi connectivity index (χ0) is 24.1. The summed E-state index contributed by atoms with van der Waals surface area (Å²) in [5.74, 6) is -1.32. The molecule has 0 fully saturated rings. The molecule has 0 aliphatic carbocycles. The Hall–Kier alpha value is -3.86. The van der Waals surface area contributed by atoms with E-state index in [9.17, 15) is 31.2 Å². The van der Waals surface area contributed by atoms with Crippen molar-refractivity contribution < 1.29 is 31.2 Å². The van der Waals surface area contributed by atoms with E-state index in [1.165, 1.54) is 24.3 Å². The minimum absolute atomic E-state index is 0.00490. The molecule has 0 saturated heterocycles. The number of para-hydroxylation sites is 1. The van der Waals surface area contributed by atoms with E-state index in [4.69, 9.17) is 0 Å². The minimum atomic E-state index is -4.72. The highest BCUT2D eigenvalue weighted by molar-refractivity contribution is 7.92. The molecule has 0 bridgehead atoms. The molecule has 3 rings (SSSR count). The van der Waals surface area contributed by atoms with Crippen LogP contribution in [-0.2, 0) is 27.4 Å². The van der Waals surface area contributed by atoms with Crippen LogP contribution >= 0.6 is 0 Å². The quantitative estimate of drug-likeness (QED) is 0.473. The molecule has 0 radical (unpaired) electrons. The second-order valence-corrected chi connectivity index (χ2v) is 8.52. The van der Waals surface area contributed by atoms with Crippen LogP contribution in [0.4, 0.5) is 18.9 Å². The van der Waals surface area contributed by atoms with Crippen LogP contribution in [0, 0.1) is 0 Å². The first kappa shape index (κ1) is 23.8. The Morgan fingerprint density at radius 1 is 0.818 bits per heavy atom. The Morgan fingerprint density at radius 3 is 2.18 bits per heavy atom. The molecule has 0 saturated carbocycles. The van der Waals surface area contributed by atoms with E-state index in [2.05, 4.69) is 15.6 Å². The summed E-state index contributed by atoms with van der Waals surface area (Å²) in [5.41, 5.74) is 3.70. The molecule has 0 aromatic heterocycles. The number of carbonyl (C=O) groups is 2. The van der Waals surface area contributed by atoms with Crippen LogP contribution in [0.3, 0.4) is 0 Å². The van der Waals surface area contributed by atoms with Crippen LogP contribution in [0.2, 0.25) is 0 Å². The average Bonchev–Trinajstić information content (AvgIpc) is 2.78. The number of amides is 2. The van der Waals surface area contributed by atoms with Gasteiger partial charge in [-0.1, -0.05) is 48.5 Å². The number of hydrazine groups is 1. The molecular formula is C22H18F3N3O4S. The number of hydrogen-bond donors (Lipinski definition) is 3. The zero-order valence-electron chi connectivity index (χ0n) is 16.9. The Morgan fingerprint density at radius 2 is 1.48 bits per heavy atom. The van der Waals surface area contributed by atoms with Crippen molar-refractivity contribution in [3.63, 3.8) is 0 Å². The van der Waals surface area contributed by atoms with E-state index in [0.29, 0.717) is 6.07 Å². The molecular weight excluding hydrogens is 459 g/mol. The SMILES string of the molecule is O=C(Cc1ccccc1)NNC(=O)c1ccccc1NS(=O)(=O)c1cccc(C(F)(F)F)c1. The maximum Gasteiger partial charge on any atom is 0.416 e. The van der Waals surface area contributed by atoms with Crippen LogP contribution in [0.25, 0.3) is 0 Å². The number of sulfonamides is 1. The standard InChI is InChI=1S/C22H18F3N3O4S/c23-22(24,25)16-9-6-10-17(14-16)33(31,32)28-19-12-5-4-11-18(19)21(30)27-26-20(29)13-15-7-2-1-3-8-15/h1-12,14,28H,13H2,(H,26,29)(H,27,30). The lowest BCUT2D eigenvalue weighted by Gasteiger charge is -2.14. The second kappa shape index (κ2) is 9.74. The lowest BCUT2D eigenvalue weighted by Crippen LogP contribution is -2.42. The number of benzene rings is 3. The van der Waals surface area contributed by atoms with Crippen LogP contribution in [0.1, 0.15) is 21.5 Å². The van der Waals surface area contributed by atoms with E-state index < -0.39 is 38.5 Å². The lowest BCUT2D eigenvalue weighted by molar-refractivity contribution is -0.137. The smallest absolute Gasteiger partial charge is 0.279 e. The Bertz CT molecular complexity index is 1260. The fourth-order valence-corrected chi connectivity index (χ4v) is 3.96. The fraction of sp³-hybridized carbons (Fsp3) is 0.0909. The molecule has 0 atom stereocenters. The molecule has 3 aromatic rings. The summed E-state index contributed by atoms with van der Waals surface area (Å²) < 4.78 is 66.2. The highest BCUT2D eigenvalue weighted by Crippen LogP contribution is 2.31. The van der Waals surface area contributed by atoms with E-state index in [0.717, 1.165) is 23.8 Å². The summed E-state index contributed by atoms with van der Waals surface area (Å²) in [6, 6.07) is 17.5. The molecule has 0 aliphatic heterocycles. The Balaban J connectivity index is 1.73. The summed E-state index contributed by atoms with van der Waals surface area (Å²) in [4.78, 5) is 23.9. The number of rotatable bonds is 6. The van der Waals surface area contributed by atoms with Gasteiger partial charge in [-0.25, -0.2) is 8.42 Å². The molecule has 0 unspecified atom stereocenters. The van der Waals surface area contributed by atoms with Gasteiger partial charge in [0.2, 0.25) is 5.91 Å². The molecule has 33 heavy (non-hydrogen) atoms. The summed E-state index contributed by atoms with van der Waals surface area (Å²) in [7, 11) is -4.44. The van der Waals surface area contributed by atoms with E-state index in [-0.39, 0.29) is 17.7 Å². The van der Waals surface area contributed by atoms with Gasteiger partial charge in [0, 0.05) is 0 Å². The molecule has 7 nitrogen and oxygen atoms in total. The number of nitrogens with one attached hydrogen (secondary N) is 3. The van der Waals surface area contributed by atoms with Crippen molar-refractivity contribution in [3.8, 4) is 0 Å². The van der Waals surface area contributed by atoms with Crippen molar-refractivity contribution in [1.82, 2.24) is 10.9 Å². The van der Waals surface area contributed by atoms with Crippen molar-refractivity contribution in [2.24, 2.45) is 0 Å². The normalized spacial score (nSPS) is 11.5. The highest BCUT2D eigenvalue weighted by Gasteiger charge is 2.31. The van der Waals surface area contributed by atoms with E-state index in [1.54, 1.807) is 30.3 Å². The largest absolute Gasteiger partial charge is 0.416 e. The second-order valence-electron chi connectivity index (χ2n) is 6.84. The van der Waals surface area contributed by atoms with Gasteiger partial charge in [-0.05, 0) is 35.9 Å². The van der Waals surface area contributed by atoms with E-state index in [1.807, 2.05) is 0 Å². The summed E-state index contributed by atoms with van der Waals surface area (Å²) in [6.45, 7) is 0. The Labute approximate surface area is 187 Å². The van der Waals surface area contributed by atoms with Gasteiger partial charge in [0.1, 0.15) is 0 Å². The number of carbonyl (C=O) groups excluding carboxylic acids is 2. The third-order valence-corrected chi connectivity index (χ3v) is 5.77. The van der Waals surface area contributed by atoms with Gasteiger partial charge in [0.15, 0.2) is 0 Å². The van der Waals surface area contributed by atoms with Crippen molar-refractivity contribution in [2.75, 3.05) is 4.72 Å². The Kier molecular flexibility index (Phi) is 7.02. The molecule has 0 spiro atoms. The predicted octanol–water partition coefficient (Wildman–Crippen LogP) is 3.51. The number of hydrogen-bond acceptors (Lipinski definition) is 4. The molecule has 0 aliphatic rings. The van der Waals surface area contributed by atoms with Gasteiger partial charge >= 0.3 is 6.18 Å². The molecule has 2 amide bonds. The maximum absolute atomic E-state index is 12.9. The van der Waals surface area contributed by atoms with Crippen LogP contribution in [0.15, 0.2) is 83.8 Å². The topological polar surface area (TPSA) is 104 Å². The van der Waals surface area contributed by atoms with Crippen molar-refractivity contribution in [2.45, 2.75) is 17.5 Å². The highest BCUT2D eigenvalue weighted by atomic mass is 32.2. The fourth-order valence-electron chi connectivity index (χ4n) is 2.83.